The standard InChI is InChI=1S/C32H22N4/c1-32(2)24-14-8-6-12-22(24)28-25(32)16-17-27-29(28)23-13-7-9-15-26(23)36(27)31-21(18-33)19-34-30(35-31)20-10-4-3-5-11-20/h3-17,19H,1-2H3. The lowest BCUT2D eigenvalue weighted by atomic mass is 9.82. The van der Waals surface area contributed by atoms with E-state index in [0.29, 0.717) is 17.2 Å². The third-order valence-corrected chi connectivity index (χ3v) is 7.51. The van der Waals surface area contributed by atoms with E-state index in [0.717, 1.165) is 22.0 Å². The molecule has 4 heteroatoms. The van der Waals surface area contributed by atoms with Gasteiger partial charge in [0.05, 0.1) is 17.2 Å². The first kappa shape index (κ1) is 20.6. The summed E-state index contributed by atoms with van der Waals surface area (Å²) >= 11 is 0. The molecule has 4 nitrogen and oxygen atoms in total. The molecule has 2 aromatic heterocycles. The number of nitrogens with zero attached hydrogens (tertiary/aromatic N) is 4. The van der Waals surface area contributed by atoms with Gasteiger partial charge in [-0.15, -0.1) is 0 Å². The van der Waals surface area contributed by atoms with Crippen LogP contribution in [0, 0.1) is 11.3 Å². The van der Waals surface area contributed by atoms with Gasteiger partial charge in [0, 0.05) is 21.8 Å². The van der Waals surface area contributed by atoms with E-state index in [9.17, 15) is 5.26 Å². The van der Waals surface area contributed by atoms with Gasteiger partial charge in [0.25, 0.3) is 0 Å². The van der Waals surface area contributed by atoms with Crippen LogP contribution < -0.4 is 0 Å². The van der Waals surface area contributed by atoms with E-state index in [2.05, 4.69) is 84.1 Å². The predicted octanol–water partition coefficient (Wildman–Crippen LogP) is 7.42. The molecule has 0 saturated heterocycles. The summed E-state index contributed by atoms with van der Waals surface area (Å²) in [5, 5.41) is 12.4. The number of para-hydroxylation sites is 1. The van der Waals surface area contributed by atoms with Crippen molar-refractivity contribution in [1.82, 2.24) is 14.5 Å². The monoisotopic (exact) mass is 462 g/mol. The van der Waals surface area contributed by atoms with Gasteiger partial charge >= 0.3 is 0 Å². The van der Waals surface area contributed by atoms with Crippen LogP contribution >= 0.6 is 0 Å². The molecule has 0 fully saturated rings. The van der Waals surface area contributed by atoms with Crippen molar-refractivity contribution in [1.29, 1.82) is 5.26 Å². The van der Waals surface area contributed by atoms with Crippen molar-refractivity contribution in [3.63, 3.8) is 0 Å². The molecule has 0 aliphatic heterocycles. The fourth-order valence-corrected chi connectivity index (χ4v) is 5.83. The minimum Gasteiger partial charge on any atom is -0.293 e. The second-order valence-electron chi connectivity index (χ2n) is 9.81. The summed E-state index contributed by atoms with van der Waals surface area (Å²) < 4.78 is 2.13. The number of hydrogen-bond acceptors (Lipinski definition) is 3. The molecule has 6 aromatic rings. The SMILES string of the molecule is CC1(C)c2ccccc2-c2c1ccc1c2c2ccccc2n1-c1nc(-c2ccccc2)ncc1C#N. The van der Waals surface area contributed by atoms with Crippen LogP contribution in [-0.2, 0) is 5.41 Å². The quantitative estimate of drug-likeness (QED) is 0.269. The average molecular weight is 463 g/mol. The minimum atomic E-state index is -0.0868. The van der Waals surface area contributed by atoms with Crippen LogP contribution in [0.25, 0.3) is 50.1 Å². The molecule has 0 unspecified atom stereocenters. The molecule has 0 saturated carbocycles. The molecule has 36 heavy (non-hydrogen) atoms. The number of rotatable bonds is 2. The van der Waals surface area contributed by atoms with Crippen LogP contribution in [0.5, 0.6) is 0 Å². The van der Waals surface area contributed by atoms with Crippen molar-refractivity contribution in [2.75, 3.05) is 0 Å². The van der Waals surface area contributed by atoms with Crippen molar-refractivity contribution in [2.24, 2.45) is 0 Å². The van der Waals surface area contributed by atoms with Crippen molar-refractivity contribution >= 4 is 21.8 Å². The van der Waals surface area contributed by atoms with Gasteiger partial charge < -0.3 is 0 Å². The van der Waals surface area contributed by atoms with Gasteiger partial charge in [0.1, 0.15) is 11.6 Å². The summed E-state index contributed by atoms with van der Waals surface area (Å²) in [6.07, 6.45) is 1.64. The summed E-state index contributed by atoms with van der Waals surface area (Å²) in [6, 6.07) is 33.8. The van der Waals surface area contributed by atoms with Gasteiger partial charge in [-0.3, -0.25) is 4.57 Å². The maximum atomic E-state index is 10.0. The van der Waals surface area contributed by atoms with E-state index >= 15 is 0 Å². The van der Waals surface area contributed by atoms with Crippen LogP contribution in [0.3, 0.4) is 0 Å². The Morgan fingerprint density at radius 2 is 1.53 bits per heavy atom. The lowest BCUT2D eigenvalue weighted by molar-refractivity contribution is 0.661. The maximum Gasteiger partial charge on any atom is 0.161 e. The van der Waals surface area contributed by atoms with E-state index in [-0.39, 0.29) is 5.41 Å². The van der Waals surface area contributed by atoms with E-state index < -0.39 is 0 Å². The number of benzene rings is 4. The summed E-state index contributed by atoms with van der Waals surface area (Å²) in [6.45, 7) is 4.60. The summed E-state index contributed by atoms with van der Waals surface area (Å²) in [4.78, 5) is 9.46. The van der Waals surface area contributed by atoms with E-state index in [4.69, 9.17) is 4.98 Å². The third kappa shape index (κ3) is 2.68. The molecular formula is C32H22N4. The van der Waals surface area contributed by atoms with Crippen LogP contribution in [-0.4, -0.2) is 14.5 Å². The zero-order valence-corrected chi connectivity index (χ0v) is 20.0. The zero-order valence-electron chi connectivity index (χ0n) is 20.0. The molecule has 1 aliphatic carbocycles. The Morgan fingerprint density at radius 3 is 2.36 bits per heavy atom. The number of nitriles is 1. The van der Waals surface area contributed by atoms with E-state index in [1.54, 1.807) is 6.20 Å². The van der Waals surface area contributed by atoms with Crippen molar-refractivity contribution < 1.29 is 0 Å². The van der Waals surface area contributed by atoms with Crippen LogP contribution in [0.1, 0.15) is 30.5 Å². The Kier molecular flexibility index (Phi) is 4.22. The second kappa shape index (κ2) is 7.37. The largest absolute Gasteiger partial charge is 0.293 e. The van der Waals surface area contributed by atoms with E-state index in [1.807, 2.05) is 36.4 Å². The number of aromatic nitrogens is 3. The van der Waals surface area contributed by atoms with Gasteiger partial charge in [0.2, 0.25) is 0 Å². The lowest BCUT2D eigenvalue weighted by Gasteiger charge is -2.21. The third-order valence-electron chi connectivity index (χ3n) is 7.51. The molecule has 170 valence electrons. The lowest BCUT2D eigenvalue weighted by Crippen LogP contribution is -2.14. The minimum absolute atomic E-state index is 0.0868. The molecule has 0 amide bonds. The molecular weight excluding hydrogens is 440 g/mol. The normalized spacial score (nSPS) is 13.5. The fourth-order valence-electron chi connectivity index (χ4n) is 5.83. The molecule has 4 aromatic carbocycles. The smallest absolute Gasteiger partial charge is 0.161 e. The highest BCUT2D eigenvalue weighted by molar-refractivity contribution is 6.17. The molecule has 0 radical (unpaired) electrons. The Balaban J connectivity index is 1.62. The number of hydrogen-bond donors (Lipinski definition) is 0. The molecule has 0 bridgehead atoms. The van der Waals surface area contributed by atoms with Gasteiger partial charge in [-0.05, 0) is 34.4 Å². The fraction of sp³-hybridized carbons (Fsp3) is 0.0938. The summed E-state index contributed by atoms with van der Waals surface area (Å²) in [7, 11) is 0. The molecule has 7 rings (SSSR count). The molecule has 0 spiro atoms. The van der Waals surface area contributed by atoms with Crippen LogP contribution in [0.2, 0.25) is 0 Å². The van der Waals surface area contributed by atoms with Crippen LogP contribution in [0.15, 0.2) is 97.2 Å². The Hall–Kier alpha value is -4.75. The summed E-state index contributed by atoms with van der Waals surface area (Å²) in [5.41, 5.74) is 8.56. The van der Waals surface area contributed by atoms with Crippen molar-refractivity contribution in [3.05, 3.63) is 114 Å². The number of fused-ring (bicyclic) bond motifs is 7. The average Bonchev–Trinajstić information content (AvgIpc) is 3.38. The predicted molar refractivity (Wildman–Crippen MR) is 144 cm³/mol. The van der Waals surface area contributed by atoms with Gasteiger partial charge in [0.15, 0.2) is 11.6 Å². The molecule has 0 N–H and O–H groups in total. The first-order valence-electron chi connectivity index (χ1n) is 12.1. The van der Waals surface area contributed by atoms with Gasteiger partial charge in [-0.1, -0.05) is 92.7 Å². The first-order valence-corrected chi connectivity index (χ1v) is 12.1. The first-order chi connectivity index (χ1) is 17.6. The maximum absolute atomic E-state index is 10.0. The van der Waals surface area contributed by atoms with Gasteiger partial charge in [-0.2, -0.15) is 5.26 Å². The Morgan fingerprint density at radius 1 is 0.778 bits per heavy atom. The molecule has 0 atom stereocenters. The highest BCUT2D eigenvalue weighted by Crippen LogP contribution is 2.53. The Bertz CT molecular complexity index is 1870. The zero-order chi connectivity index (χ0) is 24.4. The van der Waals surface area contributed by atoms with Gasteiger partial charge in [-0.25, -0.2) is 9.97 Å². The Labute approximate surface area is 209 Å². The van der Waals surface area contributed by atoms with Crippen molar-refractivity contribution in [3.8, 4) is 34.4 Å². The highest BCUT2D eigenvalue weighted by Gasteiger charge is 2.37. The molecule has 1 aliphatic rings. The molecule has 2 heterocycles. The highest BCUT2D eigenvalue weighted by atomic mass is 15.1. The summed E-state index contributed by atoms with van der Waals surface area (Å²) in [5.74, 6) is 1.20. The topological polar surface area (TPSA) is 54.5 Å². The second-order valence-corrected chi connectivity index (χ2v) is 9.81. The van der Waals surface area contributed by atoms with E-state index in [1.165, 1.54) is 27.6 Å². The van der Waals surface area contributed by atoms with Crippen LogP contribution in [0.4, 0.5) is 0 Å². The van der Waals surface area contributed by atoms with Crippen molar-refractivity contribution in [2.45, 2.75) is 19.3 Å².